The van der Waals surface area contributed by atoms with Crippen molar-refractivity contribution in [2.75, 3.05) is 27.2 Å². The van der Waals surface area contributed by atoms with Crippen LogP contribution in [0.3, 0.4) is 0 Å². The topological polar surface area (TPSA) is 96.9 Å². The fourth-order valence-electron chi connectivity index (χ4n) is 4.40. The second kappa shape index (κ2) is 10.7. The number of aromatic nitrogens is 4. The summed E-state index contributed by atoms with van der Waals surface area (Å²) in [6.45, 7) is 2.09. The zero-order valence-corrected chi connectivity index (χ0v) is 20.9. The minimum absolute atomic E-state index is 0.202. The maximum absolute atomic E-state index is 12.5. The third kappa shape index (κ3) is 6.08. The molecule has 37 heavy (non-hydrogen) atoms. The molecule has 1 aliphatic carbocycles. The van der Waals surface area contributed by atoms with Crippen LogP contribution in [0.25, 0.3) is 22.6 Å². The maximum atomic E-state index is 12.5. The summed E-state index contributed by atoms with van der Waals surface area (Å²) in [6.07, 6.45) is 4.63. The molecule has 0 spiro atoms. The summed E-state index contributed by atoms with van der Waals surface area (Å²) in [4.78, 5) is 23.7. The number of hydrogen-bond acceptors (Lipinski definition) is 7. The third-order valence-corrected chi connectivity index (χ3v) is 6.43. The molecule has 8 heteroatoms. The van der Waals surface area contributed by atoms with Crippen molar-refractivity contribution < 1.29 is 4.74 Å². The van der Waals surface area contributed by atoms with Gasteiger partial charge in [-0.15, -0.1) is 0 Å². The molecule has 0 aliphatic heterocycles. The summed E-state index contributed by atoms with van der Waals surface area (Å²) in [6, 6.07) is 20.2. The number of hydrogen-bond donors (Lipinski definition) is 0. The van der Waals surface area contributed by atoms with Gasteiger partial charge in [0.15, 0.2) is 11.6 Å². The minimum Gasteiger partial charge on any atom is -0.490 e. The molecule has 1 aliphatic rings. The smallest absolute Gasteiger partial charge is 0.267 e. The molecular weight excluding hydrogens is 464 g/mol. The second-order valence-electron chi connectivity index (χ2n) is 9.68. The van der Waals surface area contributed by atoms with Crippen LogP contribution in [0, 0.1) is 23.2 Å². The SMILES string of the molecule is CN(C)CC1CC1COc1cnc(-c2cccc(Cn3nc(-c4cccc(C#N)c4)ccc3=O)c2)nc1. The van der Waals surface area contributed by atoms with Crippen molar-refractivity contribution in [2.45, 2.75) is 13.0 Å². The van der Waals surface area contributed by atoms with Crippen molar-refractivity contribution in [3.05, 3.63) is 94.5 Å². The van der Waals surface area contributed by atoms with Gasteiger partial charge in [0.05, 0.1) is 42.9 Å². The van der Waals surface area contributed by atoms with E-state index in [-0.39, 0.29) is 5.56 Å². The van der Waals surface area contributed by atoms with Gasteiger partial charge in [0.2, 0.25) is 0 Å². The van der Waals surface area contributed by atoms with Gasteiger partial charge in [-0.1, -0.05) is 30.3 Å². The van der Waals surface area contributed by atoms with Crippen LogP contribution in [-0.4, -0.2) is 51.9 Å². The Hall–Kier alpha value is -4.35. The van der Waals surface area contributed by atoms with E-state index in [0.717, 1.165) is 23.2 Å². The third-order valence-electron chi connectivity index (χ3n) is 6.43. The van der Waals surface area contributed by atoms with Crippen molar-refractivity contribution in [1.29, 1.82) is 5.26 Å². The van der Waals surface area contributed by atoms with Gasteiger partial charge in [0.25, 0.3) is 5.56 Å². The Morgan fingerprint density at radius 3 is 2.59 bits per heavy atom. The van der Waals surface area contributed by atoms with E-state index < -0.39 is 0 Å². The summed E-state index contributed by atoms with van der Waals surface area (Å²) in [5.74, 6) is 2.57. The highest BCUT2D eigenvalue weighted by Crippen LogP contribution is 2.39. The maximum Gasteiger partial charge on any atom is 0.267 e. The number of benzene rings is 2. The van der Waals surface area contributed by atoms with E-state index in [1.54, 1.807) is 36.7 Å². The second-order valence-corrected chi connectivity index (χ2v) is 9.68. The van der Waals surface area contributed by atoms with Crippen LogP contribution in [0.15, 0.2) is 77.9 Å². The highest BCUT2D eigenvalue weighted by atomic mass is 16.5. The molecule has 0 saturated heterocycles. The van der Waals surface area contributed by atoms with Gasteiger partial charge >= 0.3 is 0 Å². The molecule has 0 amide bonds. The lowest BCUT2D eigenvalue weighted by molar-refractivity contribution is 0.279. The lowest BCUT2D eigenvalue weighted by atomic mass is 10.1. The standard InChI is InChI=1S/C29H28N6O2/c1-34(2)18-24-13-25(24)19-37-26-15-31-29(32-16-26)23-8-4-6-21(12-23)17-35-28(36)10-9-27(33-35)22-7-3-5-20(11-22)14-30/h3-12,15-16,24-25H,13,17-19H2,1-2H3. The fraction of sp³-hybridized carbons (Fsp3) is 0.276. The van der Waals surface area contributed by atoms with Gasteiger partial charge in [-0.3, -0.25) is 4.79 Å². The molecule has 1 fully saturated rings. The van der Waals surface area contributed by atoms with Crippen LogP contribution in [0.1, 0.15) is 17.5 Å². The van der Waals surface area contributed by atoms with Crippen LogP contribution in [-0.2, 0) is 6.54 Å². The minimum atomic E-state index is -0.202. The predicted molar refractivity (Wildman–Crippen MR) is 141 cm³/mol. The van der Waals surface area contributed by atoms with E-state index in [1.165, 1.54) is 17.2 Å². The van der Waals surface area contributed by atoms with Crippen molar-refractivity contribution in [2.24, 2.45) is 11.8 Å². The van der Waals surface area contributed by atoms with E-state index >= 15 is 0 Å². The van der Waals surface area contributed by atoms with Crippen LogP contribution in [0.5, 0.6) is 5.75 Å². The Kier molecular flexibility index (Phi) is 7.06. The van der Waals surface area contributed by atoms with Gasteiger partial charge < -0.3 is 9.64 Å². The molecule has 0 N–H and O–H groups in total. The molecule has 2 heterocycles. The molecule has 4 aromatic rings. The van der Waals surface area contributed by atoms with E-state index in [1.807, 2.05) is 30.3 Å². The molecule has 2 aromatic carbocycles. The van der Waals surface area contributed by atoms with E-state index in [0.29, 0.717) is 47.8 Å². The number of rotatable bonds is 9. The average molecular weight is 493 g/mol. The van der Waals surface area contributed by atoms with Gasteiger partial charge in [-0.25, -0.2) is 14.6 Å². The molecule has 8 nitrogen and oxygen atoms in total. The molecule has 5 rings (SSSR count). The van der Waals surface area contributed by atoms with Gasteiger partial charge in [0.1, 0.15) is 0 Å². The first-order valence-electron chi connectivity index (χ1n) is 12.3. The molecule has 2 atom stereocenters. The first-order chi connectivity index (χ1) is 18.0. The quantitative estimate of drug-likeness (QED) is 0.350. The highest BCUT2D eigenvalue weighted by molar-refractivity contribution is 5.60. The van der Waals surface area contributed by atoms with Crippen molar-refractivity contribution in [1.82, 2.24) is 24.6 Å². The van der Waals surface area contributed by atoms with E-state index in [9.17, 15) is 10.1 Å². The Balaban J connectivity index is 1.27. The lowest BCUT2D eigenvalue weighted by Crippen LogP contribution is -2.22. The highest BCUT2D eigenvalue weighted by Gasteiger charge is 2.37. The Bertz CT molecular complexity index is 1490. The van der Waals surface area contributed by atoms with E-state index in [4.69, 9.17) is 4.74 Å². The van der Waals surface area contributed by atoms with Gasteiger partial charge in [-0.2, -0.15) is 10.4 Å². The monoisotopic (exact) mass is 492 g/mol. The Morgan fingerprint density at radius 2 is 1.81 bits per heavy atom. The largest absolute Gasteiger partial charge is 0.490 e. The lowest BCUT2D eigenvalue weighted by Gasteiger charge is -2.10. The normalized spacial score (nSPS) is 16.4. The summed E-state index contributed by atoms with van der Waals surface area (Å²) in [5.41, 5.74) is 3.51. The molecule has 2 aromatic heterocycles. The van der Waals surface area contributed by atoms with E-state index in [2.05, 4.69) is 40.1 Å². The fourth-order valence-corrected chi connectivity index (χ4v) is 4.40. The average Bonchev–Trinajstić information content (AvgIpc) is 3.66. The summed E-state index contributed by atoms with van der Waals surface area (Å²) < 4.78 is 7.33. The zero-order chi connectivity index (χ0) is 25.8. The molecule has 1 saturated carbocycles. The van der Waals surface area contributed by atoms with Crippen LogP contribution >= 0.6 is 0 Å². The molecular formula is C29H28N6O2. The van der Waals surface area contributed by atoms with Crippen molar-refractivity contribution in [3.63, 3.8) is 0 Å². The van der Waals surface area contributed by atoms with Crippen molar-refractivity contribution in [3.8, 4) is 34.5 Å². The van der Waals surface area contributed by atoms with Crippen LogP contribution < -0.4 is 10.3 Å². The number of ether oxygens (including phenoxy) is 1. The number of nitrogens with zero attached hydrogens (tertiary/aromatic N) is 6. The first kappa shape index (κ1) is 24.3. The Labute approximate surface area is 215 Å². The summed E-state index contributed by atoms with van der Waals surface area (Å²) >= 11 is 0. The van der Waals surface area contributed by atoms with Crippen LogP contribution in [0.4, 0.5) is 0 Å². The van der Waals surface area contributed by atoms with Crippen LogP contribution in [0.2, 0.25) is 0 Å². The zero-order valence-electron chi connectivity index (χ0n) is 20.9. The summed E-state index contributed by atoms with van der Waals surface area (Å²) in [7, 11) is 4.20. The Morgan fingerprint density at radius 1 is 1.03 bits per heavy atom. The number of nitriles is 1. The van der Waals surface area contributed by atoms with Crippen molar-refractivity contribution >= 4 is 0 Å². The van der Waals surface area contributed by atoms with Gasteiger partial charge in [-0.05, 0) is 62.2 Å². The summed E-state index contributed by atoms with van der Waals surface area (Å²) in [5, 5.41) is 13.7. The van der Waals surface area contributed by atoms with Gasteiger partial charge in [0, 0.05) is 23.7 Å². The molecule has 186 valence electrons. The molecule has 0 bridgehead atoms. The predicted octanol–water partition coefficient (Wildman–Crippen LogP) is 3.86. The first-order valence-corrected chi connectivity index (χ1v) is 12.3. The molecule has 2 unspecified atom stereocenters. The molecule has 0 radical (unpaired) electrons.